The predicted molar refractivity (Wildman–Crippen MR) is 151 cm³/mol. The molecule has 2 heteroatoms. The van der Waals surface area contributed by atoms with Crippen LogP contribution in [0.3, 0.4) is 0 Å². The highest BCUT2D eigenvalue weighted by molar-refractivity contribution is 5.83. The molecule has 0 heterocycles. The van der Waals surface area contributed by atoms with Gasteiger partial charge in [-0.1, -0.05) is 108 Å². The average molecular weight is 471 g/mol. The summed E-state index contributed by atoms with van der Waals surface area (Å²) in [5, 5.41) is 0. The van der Waals surface area contributed by atoms with E-state index in [1.54, 1.807) is 14.2 Å². The Kier molecular flexibility index (Phi) is 6.60. The zero-order valence-electron chi connectivity index (χ0n) is 21.2. The van der Waals surface area contributed by atoms with Gasteiger partial charge in [0.05, 0.1) is 14.2 Å². The Labute approximate surface area is 213 Å². The second-order valence-corrected chi connectivity index (χ2v) is 9.14. The van der Waals surface area contributed by atoms with Crippen molar-refractivity contribution in [2.45, 2.75) is 13.8 Å². The predicted octanol–water partition coefficient (Wildman–Crippen LogP) is 8.99. The van der Waals surface area contributed by atoms with Crippen LogP contribution < -0.4 is 9.47 Å². The van der Waals surface area contributed by atoms with Crippen LogP contribution in [0.5, 0.6) is 11.5 Å². The molecule has 36 heavy (non-hydrogen) atoms. The summed E-state index contributed by atoms with van der Waals surface area (Å²) in [6, 6.07) is 38.5. The molecule has 0 N–H and O–H groups in total. The van der Waals surface area contributed by atoms with Crippen molar-refractivity contribution < 1.29 is 9.47 Å². The number of hydrogen-bond donors (Lipinski definition) is 0. The zero-order valence-corrected chi connectivity index (χ0v) is 21.2. The summed E-state index contributed by atoms with van der Waals surface area (Å²) in [6.45, 7) is 4.21. The molecule has 0 fully saturated rings. The van der Waals surface area contributed by atoms with E-state index in [-0.39, 0.29) is 0 Å². The maximum atomic E-state index is 5.84. The first-order valence-corrected chi connectivity index (χ1v) is 12.2. The van der Waals surface area contributed by atoms with Crippen LogP contribution in [0.1, 0.15) is 11.1 Å². The Balaban J connectivity index is 1.48. The van der Waals surface area contributed by atoms with Gasteiger partial charge in [0.2, 0.25) is 0 Å². The van der Waals surface area contributed by atoms with E-state index in [9.17, 15) is 0 Å². The van der Waals surface area contributed by atoms with Crippen molar-refractivity contribution in [1.29, 1.82) is 0 Å². The van der Waals surface area contributed by atoms with Gasteiger partial charge in [-0.15, -0.1) is 0 Å². The minimum atomic E-state index is 0.816. The highest BCUT2D eigenvalue weighted by Gasteiger charge is 2.15. The van der Waals surface area contributed by atoms with E-state index in [1.807, 2.05) is 0 Å². The van der Waals surface area contributed by atoms with Gasteiger partial charge in [0, 0.05) is 11.1 Å². The minimum absolute atomic E-state index is 0.816. The third kappa shape index (κ3) is 4.76. The number of ether oxygens (including phenoxy) is 2. The molecule has 178 valence electrons. The van der Waals surface area contributed by atoms with Gasteiger partial charge < -0.3 is 9.47 Å². The maximum absolute atomic E-state index is 5.84. The topological polar surface area (TPSA) is 18.5 Å². The first-order valence-electron chi connectivity index (χ1n) is 12.2. The summed E-state index contributed by atoms with van der Waals surface area (Å²) in [5.74, 6) is 1.63. The van der Waals surface area contributed by atoms with E-state index in [1.165, 1.54) is 33.4 Å². The monoisotopic (exact) mass is 470 g/mol. The highest BCUT2D eigenvalue weighted by Crippen LogP contribution is 2.41. The fraction of sp³-hybridized carbons (Fsp3) is 0.118. The summed E-state index contributed by atoms with van der Waals surface area (Å²) >= 11 is 0. The number of aryl methyl sites for hydroxylation is 2. The zero-order chi connectivity index (χ0) is 25.1. The third-order valence-electron chi connectivity index (χ3n) is 6.68. The summed E-state index contributed by atoms with van der Waals surface area (Å²) in [7, 11) is 3.44. The van der Waals surface area contributed by atoms with Crippen LogP contribution in [0.15, 0.2) is 109 Å². The molecule has 0 spiro atoms. The van der Waals surface area contributed by atoms with Crippen LogP contribution in [0.2, 0.25) is 0 Å². The summed E-state index contributed by atoms with van der Waals surface area (Å²) in [6.07, 6.45) is 0. The Bertz CT molecular complexity index is 1340. The third-order valence-corrected chi connectivity index (χ3v) is 6.68. The Morgan fingerprint density at radius 3 is 0.889 bits per heavy atom. The van der Waals surface area contributed by atoms with Crippen molar-refractivity contribution >= 4 is 0 Å². The molecule has 0 saturated carbocycles. The lowest BCUT2D eigenvalue weighted by molar-refractivity contribution is 0.406. The van der Waals surface area contributed by atoms with Gasteiger partial charge in [0.15, 0.2) is 0 Å². The Morgan fingerprint density at radius 2 is 0.611 bits per heavy atom. The number of hydrogen-bond acceptors (Lipinski definition) is 2. The van der Waals surface area contributed by atoms with Gasteiger partial charge in [-0.3, -0.25) is 0 Å². The van der Waals surface area contributed by atoms with Crippen molar-refractivity contribution in [1.82, 2.24) is 0 Å². The van der Waals surface area contributed by atoms with Crippen molar-refractivity contribution in [2.75, 3.05) is 14.2 Å². The maximum Gasteiger partial charge on any atom is 0.127 e. The summed E-state index contributed by atoms with van der Waals surface area (Å²) in [5.41, 5.74) is 11.5. The molecule has 0 saturated heterocycles. The SMILES string of the molecule is COc1cc(-c2ccc(-c3ccc(C)cc3)cc2)c(OC)cc1-c1ccc(-c2ccc(C)cc2)cc1. The van der Waals surface area contributed by atoms with Crippen LogP contribution >= 0.6 is 0 Å². The molecule has 5 rings (SSSR count). The molecule has 0 aliphatic heterocycles. The smallest absolute Gasteiger partial charge is 0.127 e. The summed E-state index contributed by atoms with van der Waals surface area (Å²) < 4.78 is 11.7. The molecule has 0 aliphatic rings. The number of methoxy groups -OCH3 is 2. The quantitative estimate of drug-likeness (QED) is 0.246. The van der Waals surface area contributed by atoms with Gasteiger partial charge in [-0.2, -0.15) is 0 Å². The van der Waals surface area contributed by atoms with E-state index in [4.69, 9.17) is 9.47 Å². The van der Waals surface area contributed by atoms with E-state index in [0.717, 1.165) is 33.8 Å². The van der Waals surface area contributed by atoms with Crippen LogP contribution in [0.4, 0.5) is 0 Å². The average Bonchev–Trinajstić information content (AvgIpc) is 2.93. The lowest BCUT2D eigenvalue weighted by Gasteiger charge is -2.16. The van der Waals surface area contributed by atoms with E-state index < -0.39 is 0 Å². The number of rotatable bonds is 6. The van der Waals surface area contributed by atoms with E-state index in [2.05, 4.69) is 123 Å². The Morgan fingerprint density at radius 1 is 0.361 bits per heavy atom. The van der Waals surface area contributed by atoms with Gasteiger partial charge in [-0.25, -0.2) is 0 Å². The molecule has 5 aromatic carbocycles. The van der Waals surface area contributed by atoms with Crippen molar-refractivity contribution in [3.8, 4) is 56.0 Å². The van der Waals surface area contributed by atoms with Gasteiger partial charge >= 0.3 is 0 Å². The molecule has 5 aromatic rings. The molecule has 0 bridgehead atoms. The summed E-state index contributed by atoms with van der Waals surface area (Å²) in [4.78, 5) is 0. The van der Waals surface area contributed by atoms with Crippen molar-refractivity contribution in [3.63, 3.8) is 0 Å². The molecule has 2 nitrogen and oxygen atoms in total. The molecule has 0 unspecified atom stereocenters. The van der Waals surface area contributed by atoms with Crippen molar-refractivity contribution in [3.05, 3.63) is 120 Å². The number of benzene rings is 5. The molecule has 0 aliphatic carbocycles. The van der Waals surface area contributed by atoms with Crippen molar-refractivity contribution in [2.24, 2.45) is 0 Å². The van der Waals surface area contributed by atoms with Crippen LogP contribution in [-0.4, -0.2) is 14.2 Å². The van der Waals surface area contributed by atoms with Gasteiger partial charge in [0.25, 0.3) is 0 Å². The first kappa shape index (κ1) is 23.4. The molecular weight excluding hydrogens is 440 g/mol. The standard InChI is InChI=1S/C34H30O2/c1-23-5-9-25(10-6-23)27-13-17-29(18-14-27)31-21-34(36-4)32(22-33(31)35-3)30-19-15-28(16-20-30)26-11-7-24(2)8-12-26/h5-22H,1-4H3. The largest absolute Gasteiger partial charge is 0.496 e. The first-order chi connectivity index (χ1) is 17.6. The fourth-order valence-corrected chi connectivity index (χ4v) is 4.53. The van der Waals surface area contributed by atoms with E-state index >= 15 is 0 Å². The molecule has 0 aromatic heterocycles. The van der Waals surface area contributed by atoms with E-state index in [0.29, 0.717) is 0 Å². The van der Waals surface area contributed by atoms with Crippen LogP contribution in [0.25, 0.3) is 44.5 Å². The second kappa shape index (κ2) is 10.1. The van der Waals surface area contributed by atoms with Crippen LogP contribution in [0, 0.1) is 13.8 Å². The second-order valence-electron chi connectivity index (χ2n) is 9.14. The highest BCUT2D eigenvalue weighted by atomic mass is 16.5. The Hall–Kier alpha value is -4.30. The lowest BCUT2D eigenvalue weighted by atomic mass is 9.95. The minimum Gasteiger partial charge on any atom is -0.496 e. The van der Waals surface area contributed by atoms with Crippen LogP contribution in [-0.2, 0) is 0 Å². The van der Waals surface area contributed by atoms with Gasteiger partial charge in [0.1, 0.15) is 11.5 Å². The molecule has 0 amide bonds. The fourth-order valence-electron chi connectivity index (χ4n) is 4.53. The normalized spacial score (nSPS) is 10.8. The van der Waals surface area contributed by atoms with Gasteiger partial charge in [-0.05, 0) is 59.4 Å². The molecule has 0 atom stereocenters. The molecule has 0 radical (unpaired) electrons. The lowest BCUT2D eigenvalue weighted by Crippen LogP contribution is -1.94. The molecular formula is C34H30O2.